The third-order valence-electron chi connectivity index (χ3n) is 3.27. The lowest BCUT2D eigenvalue weighted by Gasteiger charge is -2.15. The Morgan fingerprint density at radius 3 is 2.75 bits per heavy atom. The van der Waals surface area contributed by atoms with Crippen LogP contribution in [-0.2, 0) is 0 Å². The molecule has 4 nitrogen and oxygen atoms in total. The van der Waals surface area contributed by atoms with E-state index in [2.05, 4.69) is 4.98 Å². The summed E-state index contributed by atoms with van der Waals surface area (Å²) in [6, 6.07) is 6.48. The monoisotopic (exact) mass is 274 g/mol. The smallest absolute Gasteiger partial charge is 0.161 e. The first kappa shape index (κ1) is 12.9. The van der Waals surface area contributed by atoms with E-state index in [1.807, 2.05) is 18.2 Å². The number of hydrogen-bond acceptors (Lipinski definition) is 4. The predicted molar refractivity (Wildman–Crippen MR) is 72.3 cm³/mol. The lowest BCUT2D eigenvalue weighted by molar-refractivity contribution is 0.297. The Kier molecular flexibility index (Phi) is 3.52. The molecule has 0 bridgehead atoms. The van der Waals surface area contributed by atoms with E-state index in [-0.39, 0.29) is 0 Å². The third kappa shape index (κ3) is 2.44. The van der Waals surface area contributed by atoms with Crippen molar-refractivity contribution in [3.05, 3.63) is 53.6 Å². The molecule has 2 aromatic rings. The Morgan fingerprint density at radius 2 is 1.95 bits per heavy atom. The third-order valence-corrected chi connectivity index (χ3v) is 3.27. The van der Waals surface area contributed by atoms with Gasteiger partial charge in [0.1, 0.15) is 5.82 Å². The summed E-state index contributed by atoms with van der Waals surface area (Å²) in [5, 5.41) is 0. The van der Waals surface area contributed by atoms with Crippen molar-refractivity contribution in [1.82, 2.24) is 4.98 Å². The summed E-state index contributed by atoms with van der Waals surface area (Å²) in [6.07, 6.45) is 3.54. The second kappa shape index (κ2) is 5.46. The highest BCUT2D eigenvalue weighted by Gasteiger charge is 2.17. The lowest BCUT2D eigenvalue weighted by atomic mass is 10.00. The molecule has 2 N–H and O–H groups in total. The van der Waals surface area contributed by atoms with Gasteiger partial charge in [-0.25, -0.2) is 4.39 Å². The van der Waals surface area contributed by atoms with Gasteiger partial charge in [0, 0.05) is 18.2 Å². The molecule has 0 saturated carbocycles. The SMILES string of the molecule is NC(c1ccc2c(c1)OCCCO2)c1ccncc1F. The van der Waals surface area contributed by atoms with Crippen LogP contribution in [0.3, 0.4) is 0 Å². The molecule has 1 atom stereocenters. The molecule has 1 aromatic carbocycles. The van der Waals surface area contributed by atoms with Gasteiger partial charge in [-0.3, -0.25) is 4.98 Å². The number of halogens is 1. The van der Waals surface area contributed by atoms with Gasteiger partial charge in [0.05, 0.1) is 25.5 Å². The van der Waals surface area contributed by atoms with Gasteiger partial charge in [-0.1, -0.05) is 6.07 Å². The van der Waals surface area contributed by atoms with Gasteiger partial charge in [-0.2, -0.15) is 0 Å². The summed E-state index contributed by atoms with van der Waals surface area (Å²) in [4.78, 5) is 3.73. The van der Waals surface area contributed by atoms with Gasteiger partial charge in [0.25, 0.3) is 0 Å². The van der Waals surface area contributed by atoms with Crippen molar-refractivity contribution in [2.75, 3.05) is 13.2 Å². The molecule has 0 saturated heterocycles. The summed E-state index contributed by atoms with van der Waals surface area (Å²) in [5.41, 5.74) is 7.31. The van der Waals surface area contributed by atoms with Crippen LogP contribution in [0.5, 0.6) is 11.5 Å². The van der Waals surface area contributed by atoms with Crippen molar-refractivity contribution in [1.29, 1.82) is 0 Å². The number of nitrogens with zero attached hydrogens (tertiary/aromatic N) is 1. The van der Waals surface area contributed by atoms with Crippen LogP contribution < -0.4 is 15.2 Å². The minimum Gasteiger partial charge on any atom is -0.490 e. The number of benzene rings is 1. The molecule has 1 unspecified atom stereocenters. The van der Waals surface area contributed by atoms with E-state index in [0.717, 1.165) is 18.2 Å². The van der Waals surface area contributed by atoms with Crippen LogP contribution in [0.25, 0.3) is 0 Å². The van der Waals surface area contributed by atoms with Crippen molar-refractivity contribution < 1.29 is 13.9 Å². The van der Waals surface area contributed by atoms with E-state index in [1.165, 1.54) is 6.20 Å². The second-order valence-electron chi connectivity index (χ2n) is 4.63. The van der Waals surface area contributed by atoms with Crippen LogP contribution >= 0.6 is 0 Å². The van der Waals surface area contributed by atoms with Crippen molar-refractivity contribution >= 4 is 0 Å². The zero-order chi connectivity index (χ0) is 13.9. The van der Waals surface area contributed by atoms with Gasteiger partial charge < -0.3 is 15.2 Å². The Balaban J connectivity index is 1.94. The fourth-order valence-electron chi connectivity index (χ4n) is 2.19. The van der Waals surface area contributed by atoms with Crippen molar-refractivity contribution in [3.63, 3.8) is 0 Å². The van der Waals surface area contributed by atoms with Crippen molar-refractivity contribution in [2.24, 2.45) is 5.73 Å². The number of nitrogens with two attached hydrogens (primary N) is 1. The van der Waals surface area contributed by atoms with E-state index in [4.69, 9.17) is 15.2 Å². The van der Waals surface area contributed by atoms with Gasteiger partial charge in [0.2, 0.25) is 0 Å². The van der Waals surface area contributed by atoms with E-state index >= 15 is 0 Å². The first-order valence-corrected chi connectivity index (χ1v) is 6.50. The van der Waals surface area contributed by atoms with Crippen molar-refractivity contribution in [2.45, 2.75) is 12.5 Å². The molecule has 3 rings (SSSR count). The number of ether oxygens (including phenoxy) is 2. The summed E-state index contributed by atoms with van der Waals surface area (Å²) >= 11 is 0. The molecule has 1 aromatic heterocycles. The van der Waals surface area contributed by atoms with Gasteiger partial charge in [0.15, 0.2) is 11.5 Å². The number of fused-ring (bicyclic) bond motifs is 1. The molecule has 2 heterocycles. The molecule has 5 heteroatoms. The molecule has 104 valence electrons. The van der Waals surface area contributed by atoms with E-state index in [1.54, 1.807) is 6.07 Å². The molecule has 0 radical (unpaired) electrons. The topological polar surface area (TPSA) is 57.4 Å². The van der Waals surface area contributed by atoms with Crippen LogP contribution in [0.2, 0.25) is 0 Å². The first-order valence-electron chi connectivity index (χ1n) is 6.50. The largest absolute Gasteiger partial charge is 0.490 e. The molecular weight excluding hydrogens is 259 g/mol. The fourth-order valence-corrected chi connectivity index (χ4v) is 2.19. The quantitative estimate of drug-likeness (QED) is 0.913. The molecule has 0 spiro atoms. The molecule has 0 amide bonds. The molecule has 1 aliphatic rings. The van der Waals surface area contributed by atoms with Crippen LogP contribution in [0.1, 0.15) is 23.6 Å². The van der Waals surface area contributed by atoms with Gasteiger partial charge in [-0.05, 0) is 23.8 Å². The second-order valence-corrected chi connectivity index (χ2v) is 4.63. The maximum Gasteiger partial charge on any atom is 0.161 e. The molecule has 0 aliphatic carbocycles. The standard InChI is InChI=1S/C15H15FN2O2/c16-12-9-18-5-4-11(12)15(17)10-2-3-13-14(8-10)20-7-1-6-19-13/h2-5,8-9,15H,1,6-7,17H2. The maximum absolute atomic E-state index is 13.7. The zero-order valence-electron chi connectivity index (χ0n) is 10.9. The number of pyridine rings is 1. The normalized spacial score (nSPS) is 15.5. The van der Waals surface area contributed by atoms with E-state index < -0.39 is 11.9 Å². The minimum atomic E-state index is -0.560. The maximum atomic E-state index is 13.7. The highest BCUT2D eigenvalue weighted by molar-refractivity contribution is 5.46. The number of rotatable bonds is 2. The van der Waals surface area contributed by atoms with Crippen LogP contribution in [0.4, 0.5) is 4.39 Å². The Labute approximate surface area is 116 Å². The minimum absolute atomic E-state index is 0.410. The molecule has 0 fully saturated rings. The fraction of sp³-hybridized carbons (Fsp3) is 0.267. The van der Waals surface area contributed by atoms with Crippen LogP contribution in [-0.4, -0.2) is 18.2 Å². The highest BCUT2D eigenvalue weighted by Crippen LogP contribution is 2.33. The Hall–Kier alpha value is -2.14. The van der Waals surface area contributed by atoms with E-state index in [0.29, 0.717) is 30.3 Å². The van der Waals surface area contributed by atoms with Gasteiger partial charge >= 0.3 is 0 Å². The average Bonchev–Trinajstić information content (AvgIpc) is 2.71. The molecular formula is C15H15FN2O2. The Bertz CT molecular complexity index is 619. The number of aromatic nitrogens is 1. The summed E-state index contributed by atoms with van der Waals surface area (Å²) in [7, 11) is 0. The predicted octanol–water partition coefficient (Wildman–Crippen LogP) is 2.43. The molecule has 1 aliphatic heterocycles. The average molecular weight is 274 g/mol. The lowest BCUT2D eigenvalue weighted by Crippen LogP contribution is -2.14. The highest BCUT2D eigenvalue weighted by atomic mass is 19.1. The Morgan fingerprint density at radius 1 is 1.15 bits per heavy atom. The van der Waals surface area contributed by atoms with E-state index in [9.17, 15) is 4.39 Å². The number of hydrogen-bond donors (Lipinski definition) is 1. The van der Waals surface area contributed by atoms with Gasteiger partial charge in [-0.15, -0.1) is 0 Å². The van der Waals surface area contributed by atoms with Crippen LogP contribution in [0, 0.1) is 5.82 Å². The zero-order valence-corrected chi connectivity index (χ0v) is 10.9. The van der Waals surface area contributed by atoms with Crippen LogP contribution in [0.15, 0.2) is 36.7 Å². The first-order chi connectivity index (χ1) is 9.75. The summed E-state index contributed by atoms with van der Waals surface area (Å²) in [6.45, 7) is 1.24. The molecule has 20 heavy (non-hydrogen) atoms. The summed E-state index contributed by atoms with van der Waals surface area (Å²) in [5.74, 6) is 0.950. The summed E-state index contributed by atoms with van der Waals surface area (Å²) < 4.78 is 24.9. The van der Waals surface area contributed by atoms with Crippen molar-refractivity contribution in [3.8, 4) is 11.5 Å².